The van der Waals surface area contributed by atoms with Gasteiger partial charge in [-0.25, -0.2) is 4.39 Å². The van der Waals surface area contributed by atoms with Crippen LogP contribution in [-0.2, 0) is 15.9 Å². The molecule has 0 bridgehead atoms. The van der Waals surface area contributed by atoms with Crippen LogP contribution in [0.1, 0.15) is 25.3 Å². The predicted octanol–water partition coefficient (Wildman–Crippen LogP) is 2.50. The van der Waals surface area contributed by atoms with Crippen LogP contribution in [-0.4, -0.2) is 32.1 Å². The monoisotopic (exact) mass is 267 g/mol. The molecule has 1 N–H and O–H groups in total. The van der Waals surface area contributed by atoms with E-state index in [0.29, 0.717) is 13.2 Å². The lowest BCUT2D eigenvalue weighted by Gasteiger charge is -2.21. The molecule has 1 aromatic rings. The van der Waals surface area contributed by atoms with E-state index in [4.69, 9.17) is 9.47 Å². The summed E-state index contributed by atoms with van der Waals surface area (Å²) in [5, 5.41) is 3.48. The first-order valence-electron chi connectivity index (χ1n) is 6.99. The number of nitrogens with one attached hydrogen (secondary N) is 1. The molecule has 1 heterocycles. The van der Waals surface area contributed by atoms with E-state index in [1.54, 1.807) is 12.1 Å². The molecule has 0 aromatic heterocycles. The maximum atomic E-state index is 13.2. The smallest absolute Gasteiger partial charge is 0.159 e. The summed E-state index contributed by atoms with van der Waals surface area (Å²) in [5.41, 5.74) is 1.01. The Labute approximate surface area is 114 Å². The molecule has 3 nitrogen and oxygen atoms in total. The summed E-state index contributed by atoms with van der Waals surface area (Å²) >= 11 is 0. The third-order valence-electron chi connectivity index (χ3n) is 3.22. The van der Waals surface area contributed by atoms with Gasteiger partial charge in [-0.3, -0.25) is 0 Å². The molecule has 1 saturated heterocycles. The summed E-state index contributed by atoms with van der Waals surface area (Å²) in [5.74, 6) is -0.180. The Hall–Kier alpha value is -0.970. The Morgan fingerprint density at radius 3 is 2.84 bits per heavy atom. The van der Waals surface area contributed by atoms with E-state index < -0.39 is 0 Å². The van der Waals surface area contributed by atoms with Gasteiger partial charge in [-0.05, 0) is 37.1 Å². The summed E-state index contributed by atoms with van der Waals surface area (Å²) in [6, 6.07) is 7.03. The molecule has 2 rings (SSSR count). The first kappa shape index (κ1) is 14.4. The molecular formula is C15H22FNO2. The zero-order valence-electron chi connectivity index (χ0n) is 11.4. The minimum atomic E-state index is -0.180. The lowest BCUT2D eigenvalue weighted by Crippen LogP contribution is -2.35. The number of rotatable bonds is 7. The molecule has 0 radical (unpaired) electrons. The lowest BCUT2D eigenvalue weighted by molar-refractivity contribution is -0.0526. The first-order valence-corrected chi connectivity index (χ1v) is 6.99. The summed E-state index contributed by atoms with van der Waals surface area (Å²) in [6.45, 7) is 4.43. The normalized spacial score (nSPS) is 17.8. The van der Waals surface area contributed by atoms with Gasteiger partial charge in [-0.15, -0.1) is 0 Å². The number of ether oxygens (including phenoxy) is 2. The lowest BCUT2D eigenvalue weighted by atomic mass is 10.0. The van der Waals surface area contributed by atoms with Crippen LogP contribution < -0.4 is 5.32 Å². The summed E-state index contributed by atoms with van der Waals surface area (Å²) in [6.07, 6.45) is 2.55. The minimum Gasteiger partial charge on any atom is -0.350 e. The van der Waals surface area contributed by atoms with Gasteiger partial charge in [0.1, 0.15) is 5.82 Å². The van der Waals surface area contributed by atoms with Crippen molar-refractivity contribution in [3.63, 3.8) is 0 Å². The summed E-state index contributed by atoms with van der Waals surface area (Å²) in [7, 11) is 0. The highest BCUT2D eigenvalue weighted by atomic mass is 19.1. The second kappa shape index (κ2) is 7.58. The average molecular weight is 267 g/mol. The average Bonchev–Trinajstić information content (AvgIpc) is 2.89. The van der Waals surface area contributed by atoms with Crippen LogP contribution in [0.4, 0.5) is 4.39 Å². The van der Waals surface area contributed by atoms with Crippen LogP contribution in [0.5, 0.6) is 0 Å². The van der Waals surface area contributed by atoms with Crippen LogP contribution in [0, 0.1) is 5.82 Å². The minimum absolute atomic E-state index is 0.122. The van der Waals surface area contributed by atoms with Gasteiger partial charge in [0.15, 0.2) is 6.29 Å². The second-order valence-corrected chi connectivity index (χ2v) is 4.89. The van der Waals surface area contributed by atoms with Crippen LogP contribution in [0.25, 0.3) is 0 Å². The van der Waals surface area contributed by atoms with Crippen molar-refractivity contribution in [3.05, 3.63) is 35.6 Å². The SMILES string of the molecule is CCCNC(Cc1cccc(F)c1)CC1OCCO1. The molecular weight excluding hydrogens is 245 g/mol. The van der Waals surface area contributed by atoms with E-state index in [2.05, 4.69) is 12.2 Å². The van der Waals surface area contributed by atoms with Crippen LogP contribution in [0.3, 0.4) is 0 Å². The highest BCUT2D eigenvalue weighted by Gasteiger charge is 2.21. The van der Waals surface area contributed by atoms with Crippen LogP contribution in [0.2, 0.25) is 0 Å². The second-order valence-electron chi connectivity index (χ2n) is 4.89. The topological polar surface area (TPSA) is 30.5 Å². The molecule has 1 aliphatic heterocycles. The van der Waals surface area contributed by atoms with Crippen LogP contribution >= 0.6 is 0 Å². The molecule has 1 aliphatic rings. The highest BCUT2D eigenvalue weighted by Crippen LogP contribution is 2.15. The third-order valence-corrected chi connectivity index (χ3v) is 3.22. The third kappa shape index (κ3) is 4.90. The number of benzene rings is 1. The zero-order chi connectivity index (χ0) is 13.5. The molecule has 19 heavy (non-hydrogen) atoms. The fourth-order valence-corrected chi connectivity index (χ4v) is 2.31. The number of halogens is 1. The maximum absolute atomic E-state index is 13.2. The van der Waals surface area contributed by atoms with Gasteiger partial charge in [0, 0.05) is 12.5 Å². The largest absolute Gasteiger partial charge is 0.350 e. The van der Waals surface area contributed by atoms with Crippen molar-refractivity contribution >= 4 is 0 Å². The first-order chi connectivity index (χ1) is 9.28. The van der Waals surface area contributed by atoms with Gasteiger partial charge < -0.3 is 14.8 Å². The van der Waals surface area contributed by atoms with Crippen molar-refractivity contribution in [1.29, 1.82) is 0 Å². The van der Waals surface area contributed by atoms with E-state index in [1.807, 2.05) is 6.07 Å². The predicted molar refractivity (Wildman–Crippen MR) is 72.5 cm³/mol. The molecule has 1 unspecified atom stereocenters. The molecule has 1 fully saturated rings. The number of hydrogen-bond acceptors (Lipinski definition) is 3. The molecule has 0 amide bonds. The van der Waals surface area contributed by atoms with Crippen molar-refractivity contribution in [1.82, 2.24) is 5.32 Å². The van der Waals surface area contributed by atoms with E-state index in [-0.39, 0.29) is 18.1 Å². The molecule has 0 saturated carbocycles. The van der Waals surface area contributed by atoms with Crippen molar-refractivity contribution in [2.24, 2.45) is 0 Å². The molecule has 1 atom stereocenters. The quantitative estimate of drug-likeness (QED) is 0.823. The molecule has 4 heteroatoms. The van der Waals surface area contributed by atoms with Gasteiger partial charge in [-0.1, -0.05) is 19.1 Å². The van der Waals surface area contributed by atoms with Gasteiger partial charge in [-0.2, -0.15) is 0 Å². The van der Waals surface area contributed by atoms with Gasteiger partial charge in [0.05, 0.1) is 13.2 Å². The zero-order valence-corrected chi connectivity index (χ0v) is 11.4. The fraction of sp³-hybridized carbons (Fsp3) is 0.600. The summed E-state index contributed by atoms with van der Waals surface area (Å²) in [4.78, 5) is 0. The Balaban J connectivity index is 1.92. The standard InChI is InChI=1S/C15H22FNO2/c1-2-6-17-14(11-15-18-7-8-19-15)10-12-4-3-5-13(16)9-12/h3-5,9,14-15,17H,2,6-8,10-11H2,1H3. The van der Waals surface area contributed by atoms with Gasteiger partial charge in [0.25, 0.3) is 0 Å². The van der Waals surface area contributed by atoms with E-state index >= 15 is 0 Å². The Morgan fingerprint density at radius 2 is 2.16 bits per heavy atom. The van der Waals surface area contributed by atoms with E-state index in [9.17, 15) is 4.39 Å². The van der Waals surface area contributed by atoms with Gasteiger partial charge >= 0.3 is 0 Å². The van der Waals surface area contributed by atoms with Crippen molar-refractivity contribution in [2.45, 2.75) is 38.5 Å². The fourth-order valence-electron chi connectivity index (χ4n) is 2.31. The van der Waals surface area contributed by atoms with E-state index in [1.165, 1.54) is 6.07 Å². The molecule has 1 aromatic carbocycles. The van der Waals surface area contributed by atoms with E-state index in [0.717, 1.165) is 31.4 Å². The van der Waals surface area contributed by atoms with Crippen molar-refractivity contribution < 1.29 is 13.9 Å². The van der Waals surface area contributed by atoms with Crippen molar-refractivity contribution in [2.75, 3.05) is 19.8 Å². The number of hydrogen-bond donors (Lipinski definition) is 1. The summed E-state index contributed by atoms with van der Waals surface area (Å²) < 4.78 is 24.2. The molecule has 0 aliphatic carbocycles. The Morgan fingerprint density at radius 1 is 1.37 bits per heavy atom. The Bertz CT molecular complexity index is 380. The van der Waals surface area contributed by atoms with Crippen molar-refractivity contribution in [3.8, 4) is 0 Å². The Kier molecular flexibility index (Phi) is 5.76. The van der Waals surface area contributed by atoms with Gasteiger partial charge in [0.2, 0.25) is 0 Å². The maximum Gasteiger partial charge on any atom is 0.159 e. The van der Waals surface area contributed by atoms with Crippen LogP contribution in [0.15, 0.2) is 24.3 Å². The molecule has 0 spiro atoms. The highest BCUT2D eigenvalue weighted by molar-refractivity contribution is 5.17. The molecule has 106 valence electrons.